The lowest BCUT2D eigenvalue weighted by atomic mass is 10.1. The van der Waals surface area contributed by atoms with Crippen LogP contribution in [-0.4, -0.2) is 4.57 Å². The van der Waals surface area contributed by atoms with Crippen molar-refractivity contribution in [1.82, 2.24) is 4.57 Å². The van der Waals surface area contributed by atoms with Crippen molar-refractivity contribution in [2.24, 2.45) is 11.7 Å². The first-order valence-electron chi connectivity index (χ1n) is 6.66. The van der Waals surface area contributed by atoms with Crippen LogP contribution in [0.15, 0.2) is 42.7 Å². The zero-order chi connectivity index (χ0) is 13.2. The number of nitriles is 1. The monoisotopic (exact) mass is 251 g/mol. The van der Waals surface area contributed by atoms with E-state index in [9.17, 15) is 0 Å². The van der Waals surface area contributed by atoms with E-state index in [4.69, 9.17) is 11.0 Å². The van der Waals surface area contributed by atoms with Crippen molar-refractivity contribution >= 4 is 0 Å². The second-order valence-electron chi connectivity index (χ2n) is 5.29. The number of hydrogen-bond acceptors (Lipinski definition) is 2. The SMILES string of the molecule is N#Cc1ccc(Cn2ccc(C(N)C3CC3)c2)cc1. The number of rotatable bonds is 4. The standard InChI is InChI=1S/C16H17N3/c17-9-12-1-3-13(4-2-12)10-19-8-7-15(11-19)16(18)14-5-6-14/h1-4,7-8,11,14,16H,5-6,10,18H2. The molecular formula is C16H17N3. The van der Waals surface area contributed by atoms with Crippen LogP contribution in [0.3, 0.4) is 0 Å². The molecule has 96 valence electrons. The van der Waals surface area contributed by atoms with E-state index in [1.807, 2.05) is 24.3 Å². The highest BCUT2D eigenvalue weighted by Gasteiger charge is 2.29. The van der Waals surface area contributed by atoms with Gasteiger partial charge in [-0.2, -0.15) is 5.26 Å². The van der Waals surface area contributed by atoms with Gasteiger partial charge in [-0.3, -0.25) is 0 Å². The van der Waals surface area contributed by atoms with Gasteiger partial charge in [0.2, 0.25) is 0 Å². The maximum Gasteiger partial charge on any atom is 0.0991 e. The number of nitrogens with two attached hydrogens (primary N) is 1. The van der Waals surface area contributed by atoms with Gasteiger partial charge in [-0.05, 0) is 48.1 Å². The van der Waals surface area contributed by atoms with Crippen LogP contribution in [0.2, 0.25) is 0 Å². The minimum absolute atomic E-state index is 0.196. The Morgan fingerprint density at radius 1 is 1.26 bits per heavy atom. The molecule has 0 bridgehead atoms. The Hall–Kier alpha value is -2.05. The fraction of sp³-hybridized carbons (Fsp3) is 0.312. The first kappa shape index (κ1) is 12.0. The highest BCUT2D eigenvalue weighted by molar-refractivity contribution is 5.32. The molecule has 0 radical (unpaired) electrons. The molecule has 1 saturated carbocycles. The quantitative estimate of drug-likeness (QED) is 0.908. The van der Waals surface area contributed by atoms with Gasteiger partial charge in [-0.25, -0.2) is 0 Å². The Balaban J connectivity index is 1.70. The molecule has 3 nitrogen and oxygen atoms in total. The molecule has 1 aromatic heterocycles. The number of aromatic nitrogens is 1. The third kappa shape index (κ3) is 2.69. The van der Waals surface area contributed by atoms with Gasteiger partial charge in [-0.1, -0.05) is 12.1 Å². The van der Waals surface area contributed by atoms with Gasteiger partial charge in [-0.15, -0.1) is 0 Å². The van der Waals surface area contributed by atoms with Crippen LogP contribution >= 0.6 is 0 Å². The largest absolute Gasteiger partial charge is 0.350 e. The molecule has 3 rings (SSSR count). The second kappa shape index (κ2) is 4.91. The molecule has 2 N–H and O–H groups in total. The molecule has 1 aromatic carbocycles. The van der Waals surface area contributed by atoms with Gasteiger partial charge in [0.05, 0.1) is 11.6 Å². The van der Waals surface area contributed by atoms with Gasteiger partial charge in [0.1, 0.15) is 0 Å². The van der Waals surface area contributed by atoms with E-state index in [0.29, 0.717) is 11.5 Å². The highest BCUT2D eigenvalue weighted by Crippen LogP contribution is 2.39. The summed E-state index contributed by atoms with van der Waals surface area (Å²) in [6.07, 6.45) is 6.75. The molecule has 1 unspecified atom stereocenters. The maximum absolute atomic E-state index is 8.77. The first-order valence-corrected chi connectivity index (χ1v) is 6.66. The minimum atomic E-state index is 0.196. The molecule has 0 amide bonds. The number of nitrogens with zero attached hydrogens (tertiary/aromatic N) is 2. The Bertz CT molecular complexity index is 600. The minimum Gasteiger partial charge on any atom is -0.350 e. The van der Waals surface area contributed by atoms with Crippen molar-refractivity contribution in [2.45, 2.75) is 25.4 Å². The van der Waals surface area contributed by atoms with E-state index >= 15 is 0 Å². The van der Waals surface area contributed by atoms with Crippen LogP contribution in [-0.2, 0) is 6.54 Å². The topological polar surface area (TPSA) is 54.7 Å². The van der Waals surface area contributed by atoms with Crippen LogP contribution in [0.1, 0.15) is 35.6 Å². The molecule has 0 saturated heterocycles. The average molecular weight is 251 g/mol. The summed E-state index contributed by atoms with van der Waals surface area (Å²) in [6.45, 7) is 0.823. The Morgan fingerprint density at radius 2 is 2.00 bits per heavy atom. The summed E-state index contributed by atoms with van der Waals surface area (Å²) in [6, 6.07) is 12.2. The molecule has 1 atom stereocenters. The summed E-state index contributed by atoms with van der Waals surface area (Å²) >= 11 is 0. The smallest absolute Gasteiger partial charge is 0.0991 e. The van der Waals surface area contributed by atoms with E-state index in [1.165, 1.54) is 24.0 Å². The summed E-state index contributed by atoms with van der Waals surface area (Å²) in [5.41, 5.74) is 9.33. The van der Waals surface area contributed by atoms with E-state index in [2.05, 4.69) is 29.1 Å². The summed E-state index contributed by atoms with van der Waals surface area (Å²) < 4.78 is 2.15. The van der Waals surface area contributed by atoms with E-state index in [0.717, 1.165) is 6.54 Å². The van der Waals surface area contributed by atoms with Crippen molar-refractivity contribution in [2.75, 3.05) is 0 Å². The summed E-state index contributed by atoms with van der Waals surface area (Å²) in [5, 5.41) is 8.77. The molecule has 0 aliphatic heterocycles. The maximum atomic E-state index is 8.77. The molecule has 1 aliphatic rings. The number of benzene rings is 1. The van der Waals surface area contributed by atoms with Crippen LogP contribution < -0.4 is 5.73 Å². The highest BCUT2D eigenvalue weighted by atomic mass is 14.9. The summed E-state index contributed by atoms with van der Waals surface area (Å²) in [7, 11) is 0. The molecule has 2 aromatic rings. The van der Waals surface area contributed by atoms with Gasteiger partial charge in [0.15, 0.2) is 0 Å². The lowest BCUT2D eigenvalue weighted by Crippen LogP contribution is -2.11. The zero-order valence-electron chi connectivity index (χ0n) is 10.8. The fourth-order valence-electron chi connectivity index (χ4n) is 2.38. The summed E-state index contributed by atoms with van der Waals surface area (Å²) in [5.74, 6) is 0.686. The first-order chi connectivity index (χ1) is 9.26. The molecule has 3 heteroatoms. The van der Waals surface area contributed by atoms with Crippen LogP contribution in [0.25, 0.3) is 0 Å². The lowest BCUT2D eigenvalue weighted by molar-refractivity contribution is 0.631. The van der Waals surface area contributed by atoms with Crippen molar-refractivity contribution in [1.29, 1.82) is 5.26 Å². The van der Waals surface area contributed by atoms with Gasteiger partial charge in [0.25, 0.3) is 0 Å². The summed E-state index contributed by atoms with van der Waals surface area (Å²) in [4.78, 5) is 0. The fourth-order valence-corrected chi connectivity index (χ4v) is 2.38. The van der Waals surface area contributed by atoms with Gasteiger partial charge in [0, 0.05) is 25.0 Å². The third-order valence-electron chi connectivity index (χ3n) is 3.74. The predicted octanol–water partition coefficient (Wildman–Crippen LogP) is 2.82. The van der Waals surface area contributed by atoms with Crippen LogP contribution in [0.4, 0.5) is 0 Å². The van der Waals surface area contributed by atoms with Crippen molar-refractivity contribution in [3.8, 4) is 6.07 Å². The second-order valence-corrected chi connectivity index (χ2v) is 5.29. The van der Waals surface area contributed by atoms with E-state index < -0.39 is 0 Å². The van der Waals surface area contributed by atoms with E-state index in [1.54, 1.807) is 0 Å². The van der Waals surface area contributed by atoms with Crippen LogP contribution in [0, 0.1) is 17.2 Å². The van der Waals surface area contributed by atoms with Crippen molar-refractivity contribution in [3.63, 3.8) is 0 Å². The van der Waals surface area contributed by atoms with Gasteiger partial charge >= 0.3 is 0 Å². The molecular weight excluding hydrogens is 234 g/mol. The Kier molecular flexibility index (Phi) is 3.10. The van der Waals surface area contributed by atoms with Crippen molar-refractivity contribution < 1.29 is 0 Å². The molecule has 1 heterocycles. The Morgan fingerprint density at radius 3 is 2.63 bits per heavy atom. The van der Waals surface area contributed by atoms with Crippen molar-refractivity contribution in [3.05, 3.63) is 59.4 Å². The zero-order valence-corrected chi connectivity index (χ0v) is 10.8. The Labute approximate surface area is 113 Å². The average Bonchev–Trinajstić information content (AvgIpc) is 3.19. The van der Waals surface area contributed by atoms with Crippen LogP contribution in [0.5, 0.6) is 0 Å². The molecule has 19 heavy (non-hydrogen) atoms. The molecule has 1 fully saturated rings. The molecule has 0 spiro atoms. The third-order valence-corrected chi connectivity index (χ3v) is 3.74. The molecule has 1 aliphatic carbocycles. The van der Waals surface area contributed by atoms with Gasteiger partial charge < -0.3 is 10.3 Å². The predicted molar refractivity (Wildman–Crippen MR) is 74.3 cm³/mol. The lowest BCUT2D eigenvalue weighted by Gasteiger charge is -2.07. The number of hydrogen-bond donors (Lipinski definition) is 1. The van der Waals surface area contributed by atoms with E-state index in [-0.39, 0.29) is 6.04 Å². The normalized spacial score (nSPS) is 16.0.